The molecule has 0 unspecified atom stereocenters. The number of nitrogens with one attached hydrogen (secondary N) is 1. The number of amides is 1. The van der Waals surface area contributed by atoms with Crippen LogP contribution in [0.5, 0.6) is 0 Å². The van der Waals surface area contributed by atoms with Gasteiger partial charge in [-0.3, -0.25) is 4.79 Å². The van der Waals surface area contributed by atoms with Crippen molar-refractivity contribution in [2.45, 2.75) is 51.9 Å². The Kier molecular flexibility index (Phi) is 6.63. The van der Waals surface area contributed by atoms with Crippen LogP contribution in [0.3, 0.4) is 0 Å². The molecule has 0 aliphatic heterocycles. The second-order valence-electron chi connectivity index (χ2n) is 6.34. The molecule has 2 rings (SSSR count). The fourth-order valence-electron chi connectivity index (χ4n) is 3.24. The van der Waals surface area contributed by atoms with Crippen LogP contribution >= 0.6 is 15.9 Å². The number of rotatable bonds is 6. The van der Waals surface area contributed by atoms with Crippen molar-refractivity contribution in [1.82, 2.24) is 0 Å². The van der Waals surface area contributed by atoms with Crippen LogP contribution in [0, 0.1) is 11.8 Å². The third kappa shape index (κ3) is 5.06. The van der Waals surface area contributed by atoms with E-state index in [0.29, 0.717) is 10.2 Å². The van der Waals surface area contributed by atoms with Crippen LogP contribution in [0.25, 0.3) is 0 Å². The number of benzene rings is 1. The van der Waals surface area contributed by atoms with Gasteiger partial charge in [-0.05, 0) is 49.8 Å². The molecule has 2 N–H and O–H groups in total. The Morgan fingerprint density at radius 3 is 2.57 bits per heavy atom. The summed E-state index contributed by atoms with van der Waals surface area (Å²) in [5.74, 6) is -0.340. The van der Waals surface area contributed by atoms with Gasteiger partial charge in [0.1, 0.15) is 0 Å². The smallest absolute Gasteiger partial charge is 0.337 e. The zero-order valence-corrected chi connectivity index (χ0v) is 15.1. The summed E-state index contributed by atoms with van der Waals surface area (Å²) in [6.07, 6.45) is 7.76. The summed E-state index contributed by atoms with van der Waals surface area (Å²) in [4.78, 5) is 23.7. The fraction of sp³-hybridized carbons (Fsp3) is 0.556. The molecule has 0 heterocycles. The molecule has 126 valence electrons. The molecule has 1 aromatic carbocycles. The Morgan fingerprint density at radius 2 is 1.96 bits per heavy atom. The first-order chi connectivity index (χ1) is 11.0. The number of hydrogen-bond donors (Lipinski definition) is 2. The first kappa shape index (κ1) is 18.0. The van der Waals surface area contributed by atoms with Crippen LogP contribution in [-0.2, 0) is 4.79 Å². The van der Waals surface area contributed by atoms with Gasteiger partial charge in [0, 0.05) is 10.4 Å². The number of carbonyl (C=O) groups is 2. The number of carboxylic acid groups (broad SMARTS) is 1. The van der Waals surface area contributed by atoms with Crippen molar-refractivity contribution in [1.29, 1.82) is 0 Å². The van der Waals surface area contributed by atoms with Crippen molar-refractivity contribution in [3.63, 3.8) is 0 Å². The van der Waals surface area contributed by atoms with Crippen molar-refractivity contribution in [3.05, 3.63) is 28.2 Å². The van der Waals surface area contributed by atoms with Crippen molar-refractivity contribution in [2.75, 3.05) is 5.32 Å². The average molecular weight is 382 g/mol. The maximum absolute atomic E-state index is 12.4. The van der Waals surface area contributed by atoms with E-state index in [0.717, 1.165) is 31.6 Å². The highest BCUT2D eigenvalue weighted by Gasteiger charge is 2.26. The third-order valence-corrected chi connectivity index (χ3v) is 5.15. The topological polar surface area (TPSA) is 66.4 Å². The van der Waals surface area contributed by atoms with E-state index in [-0.39, 0.29) is 17.4 Å². The zero-order chi connectivity index (χ0) is 16.8. The zero-order valence-electron chi connectivity index (χ0n) is 13.5. The average Bonchev–Trinajstić information content (AvgIpc) is 2.54. The Labute approximate surface area is 145 Å². The van der Waals surface area contributed by atoms with Gasteiger partial charge >= 0.3 is 5.97 Å². The van der Waals surface area contributed by atoms with E-state index in [9.17, 15) is 14.7 Å². The fourth-order valence-corrected chi connectivity index (χ4v) is 3.60. The Bertz CT molecular complexity index is 565. The Morgan fingerprint density at radius 1 is 1.26 bits per heavy atom. The van der Waals surface area contributed by atoms with Crippen LogP contribution < -0.4 is 5.32 Å². The van der Waals surface area contributed by atoms with Crippen molar-refractivity contribution >= 4 is 33.5 Å². The van der Waals surface area contributed by atoms with Gasteiger partial charge in [-0.15, -0.1) is 0 Å². The number of carboxylic acids is 1. The molecule has 0 spiro atoms. The quantitative estimate of drug-likeness (QED) is 0.721. The number of unbranched alkanes of at least 4 members (excludes halogenated alkanes) is 1. The lowest BCUT2D eigenvalue weighted by atomic mass is 9.79. The number of anilines is 1. The van der Waals surface area contributed by atoms with E-state index in [2.05, 4.69) is 28.2 Å². The predicted molar refractivity (Wildman–Crippen MR) is 94.7 cm³/mol. The van der Waals surface area contributed by atoms with Crippen LogP contribution in [0.15, 0.2) is 22.7 Å². The predicted octanol–water partition coefficient (Wildman–Crippen LogP) is 5.08. The van der Waals surface area contributed by atoms with Crippen LogP contribution in [0.2, 0.25) is 0 Å². The summed E-state index contributed by atoms with van der Waals surface area (Å²) >= 11 is 3.26. The SMILES string of the molecule is CCCCC1CCC(C(=O)Nc2ccc(Br)cc2C(=O)O)CC1. The summed E-state index contributed by atoms with van der Waals surface area (Å²) in [6.45, 7) is 2.21. The van der Waals surface area contributed by atoms with Gasteiger partial charge in [-0.25, -0.2) is 4.79 Å². The molecule has 0 radical (unpaired) electrons. The number of aromatic carboxylic acids is 1. The van der Waals surface area contributed by atoms with Crippen molar-refractivity contribution < 1.29 is 14.7 Å². The molecule has 0 atom stereocenters. The molecule has 1 aromatic rings. The molecule has 5 heteroatoms. The van der Waals surface area contributed by atoms with Gasteiger partial charge < -0.3 is 10.4 Å². The molecule has 0 bridgehead atoms. The molecule has 1 aliphatic carbocycles. The van der Waals surface area contributed by atoms with Crippen molar-refractivity contribution in [2.24, 2.45) is 11.8 Å². The Balaban J connectivity index is 1.94. The third-order valence-electron chi connectivity index (χ3n) is 4.65. The van der Waals surface area contributed by atoms with E-state index >= 15 is 0 Å². The summed E-state index contributed by atoms with van der Waals surface area (Å²) < 4.78 is 0.685. The minimum absolute atomic E-state index is 0.00170. The van der Waals surface area contributed by atoms with Gasteiger partial charge in [-0.2, -0.15) is 0 Å². The van der Waals surface area contributed by atoms with E-state index < -0.39 is 5.97 Å². The monoisotopic (exact) mass is 381 g/mol. The van der Waals surface area contributed by atoms with Gasteiger partial charge in [0.25, 0.3) is 0 Å². The summed E-state index contributed by atoms with van der Waals surface area (Å²) in [5, 5.41) is 12.1. The number of halogens is 1. The number of carbonyl (C=O) groups excluding carboxylic acids is 1. The lowest BCUT2D eigenvalue weighted by Crippen LogP contribution is -2.27. The van der Waals surface area contributed by atoms with E-state index in [4.69, 9.17) is 0 Å². The maximum Gasteiger partial charge on any atom is 0.337 e. The standard InChI is InChI=1S/C18H24BrNO3/c1-2-3-4-12-5-7-13(8-6-12)17(21)20-16-10-9-14(19)11-15(16)18(22)23/h9-13H,2-8H2,1H3,(H,20,21)(H,22,23). The first-order valence-electron chi connectivity index (χ1n) is 8.35. The highest BCUT2D eigenvalue weighted by molar-refractivity contribution is 9.10. The van der Waals surface area contributed by atoms with Crippen LogP contribution in [0.4, 0.5) is 5.69 Å². The maximum atomic E-state index is 12.4. The molecule has 0 aromatic heterocycles. The molecular formula is C18H24BrNO3. The molecule has 1 amide bonds. The van der Waals surface area contributed by atoms with E-state index in [1.54, 1.807) is 12.1 Å². The van der Waals surface area contributed by atoms with Gasteiger partial charge in [0.05, 0.1) is 11.3 Å². The normalized spacial score (nSPS) is 21.0. The van der Waals surface area contributed by atoms with E-state index in [1.165, 1.54) is 25.3 Å². The van der Waals surface area contributed by atoms with Crippen LogP contribution in [-0.4, -0.2) is 17.0 Å². The van der Waals surface area contributed by atoms with Gasteiger partial charge in [0.15, 0.2) is 0 Å². The van der Waals surface area contributed by atoms with Gasteiger partial charge in [0.2, 0.25) is 5.91 Å². The van der Waals surface area contributed by atoms with Crippen LogP contribution in [0.1, 0.15) is 62.2 Å². The molecule has 1 aliphatic rings. The lowest BCUT2D eigenvalue weighted by Gasteiger charge is -2.27. The summed E-state index contributed by atoms with van der Waals surface area (Å²) in [7, 11) is 0. The highest BCUT2D eigenvalue weighted by Crippen LogP contribution is 2.33. The molecule has 23 heavy (non-hydrogen) atoms. The first-order valence-corrected chi connectivity index (χ1v) is 9.14. The molecule has 4 nitrogen and oxygen atoms in total. The molecular weight excluding hydrogens is 358 g/mol. The molecule has 0 saturated heterocycles. The number of hydrogen-bond acceptors (Lipinski definition) is 2. The second kappa shape index (κ2) is 8.48. The lowest BCUT2D eigenvalue weighted by molar-refractivity contribution is -0.121. The molecule has 1 fully saturated rings. The summed E-state index contributed by atoms with van der Waals surface area (Å²) in [5.41, 5.74) is 0.489. The van der Waals surface area contributed by atoms with Crippen molar-refractivity contribution in [3.8, 4) is 0 Å². The highest BCUT2D eigenvalue weighted by atomic mass is 79.9. The molecule has 1 saturated carbocycles. The second-order valence-corrected chi connectivity index (χ2v) is 7.26. The summed E-state index contributed by atoms with van der Waals surface area (Å²) in [6, 6.07) is 4.89. The minimum Gasteiger partial charge on any atom is -0.478 e. The Hall–Kier alpha value is -1.36. The van der Waals surface area contributed by atoms with Gasteiger partial charge in [-0.1, -0.05) is 42.1 Å². The minimum atomic E-state index is -1.04. The largest absolute Gasteiger partial charge is 0.478 e. The van der Waals surface area contributed by atoms with E-state index in [1.807, 2.05) is 0 Å².